The second-order valence-electron chi connectivity index (χ2n) is 5.74. The van der Waals surface area contributed by atoms with Crippen molar-refractivity contribution in [1.29, 1.82) is 0 Å². The lowest BCUT2D eigenvalue weighted by molar-refractivity contribution is -0.384. The number of hydrogen-bond acceptors (Lipinski definition) is 7. The minimum Gasteiger partial charge on any atom is -0.450 e. The molecule has 0 spiro atoms. The van der Waals surface area contributed by atoms with Gasteiger partial charge in [-0.05, 0) is 29.8 Å². The minimum absolute atomic E-state index is 0.0197. The summed E-state index contributed by atoms with van der Waals surface area (Å²) in [6, 6.07) is 13.3. The van der Waals surface area contributed by atoms with Crippen LogP contribution in [-0.4, -0.2) is 26.5 Å². The summed E-state index contributed by atoms with van der Waals surface area (Å²) in [7, 11) is 0. The van der Waals surface area contributed by atoms with Gasteiger partial charge in [-0.1, -0.05) is 12.1 Å². The average molecular weight is 350 g/mol. The number of nitro groups is 1. The zero-order chi connectivity index (χ0) is 18.1. The van der Waals surface area contributed by atoms with Gasteiger partial charge in [0.25, 0.3) is 5.69 Å². The molecule has 2 N–H and O–H groups in total. The van der Waals surface area contributed by atoms with Crippen molar-refractivity contribution in [1.82, 2.24) is 9.97 Å². The van der Waals surface area contributed by atoms with E-state index in [0.29, 0.717) is 28.1 Å². The number of nitrogens with zero attached hydrogens (tertiary/aromatic N) is 3. The predicted molar refractivity (Wildman–Crippen MR) is 95.9 cm³/mol. The summed E-state index contributed by atoms with van der Waals surface area (Å²) in [4.78, 5) is 18.7. The fraction of sp³-hybridized carbons (Fsp3) is 0.111. The summed E-state index contributed by atoms with van der Waals surface area (Å²) in [6.07, 6.45) is 0.579. The molecule has 0 aliphatic rings. The number of nitrogens with one attached hydrogen (secondary N) is 1. The van der Waals surface area contributed by atoms with E-state index in [2.05, 4.69) is 15.3 Å². The first-order valence-electron chi connectivity index (χ1n) is 7.92. The summed E-state index contributed by atoms with van der Waals surface area (Å²) in [6.45, 7) is 0.168. The van der Waals surface area contributed by atoms with Crippen LogP contribution in [0.2, 0.25) is 0 Å². The van der Waals surface area contributed by atoms with Gasteiger partial charge in [-0.3, -0.25) is 10.1 Å². The number of fused-ring (bicyclic) bond motifs is 3. The smallest absolute Gasteiger partial charge is 0.269 e. The van der Waals surface area contributed by atoms with Crippen molar-refractivity contribution in [3.05, 3.63) is 70.5 Å². The SMILES string of the molecule is O=[N+]([O-])c1ccc([C@@H](O)CNc2ncnc3c2oc2ccccc23)cc1. The van der Waals surface area contributed by atoms with E-state index >= 15 is 0 Å². The van der Waals surface area contributed by atoms with E-state index in [1.54, 1.807) is 0 Å². The third kappa shape index (κ3) is 2.82. The minimum atomic E-state index is -0.856. The molecule has 2 aromatic carbocycles. The van der Waals surface area contributed by atoms with Crippen LogP contribution in [0.4, 0.5) is 11.5 Å². The van der Waals surface area contributed by atoms with Crippen molar-refractivity contribution < 1.29 is 14.4 Å². The lowest BCUT2D eigenvalue weighted by Crippen LogP contribution is -2.13. The van der Waals surface area contributed by atoms with Gasteiger partial charge in [-0.15, -0.1) is 0 Å². The van der Waals surface area contributed by atoms with Crippen LogP contribution < -0.4 is 5.32 Å². The van der Waals surface area contributed by atoms with E-state index in [1.807, 2.05) is 24.3 Å². The third-order valence-corrected chi connectivity index (χ3v) is 4.11. The maximum atomic E-state index is 10.7. The molecule has 8 nitrogen and oxygen atoms in total. The number of aliphatic hydroxyl groups is 1. The number of aromatic nitrogens is 2. The maximum Gasteiger partial charge on any atom is 0.269 e. The van der Waals surface area contributed by atoms with Crippen LogP contribution in [0.15, 0.2) is 59.3 Å². The molecule has 2 heterocycles. The number of para-hydroxylation sites is 1. The van der Waals surface area contributed by atoms with Gasteiger partial charge in [0.2, 0.25) is 0 Å². The lowest BCUT2D eigenvalue weighted by atomic mass is 10.1. The second-order valence-corrected chi connectivity index (χ2v) is 5.74. The molecular weight excluding hydrogens is 336 g/mol. The van der Waals surface area contributed by atoms with Crippen LogP contribution in [0.3, 0.4) is 0 Å². The van der Waals surface area contributed by atoms with E-state index in [9.17, 15) is 15.2 Å². The van der Waals surface area contributed by atoms with Crippen LogP contribution in [0.1, 0.15) is 11.7 Å². The molecule has 0 radical (unpaired) electrons. The summed E-state index contributed by atoms with van der Waals surface area (Å²) >= 11 is 0. The van der Waals surface area contributed by atoms with Crippen LogP contribution in [-0.2, 0) is 0 Å². The van der Waals surface area contributed by atoms with Crippen molar-refractivity contribution in [3.63, 3.8) is 0 Å². The number of nitro benzene ring substituents is 1. The van der Waals surface area contributed by atoms with E-state index in [-0.39, 0.29) is 12.2 Å². The van der Waals surface area contributed by atoms with Crippen molar-refractivity contribution >= 4 is 33.6 Å². The summed E-state index contributed by atoms with van der Waals surface area (Å²) < 4.78 is 5.82. The largest absolute Gasteiger partial charge is 0.450 e. The highest BCUT2D eigenvalue weighted by Gasteiger charge is 2.15. The molecule has 0 amide bonds. The Morgan fingerprint density at radius 1 is 1.15 bits per heavy atom. The number of benzene rings is 2. The Balaban J connectivity index is 1.56. The van der Waals surface area contributed by atoms with Crippen molar-refractivity contribution in [2.45, 2.75) is 6.10 Å². The molecule has 26 heavy (non-hydrogen) atoms. The van der Waals surface area contributed by atoms with Crippen LogP contribution >= 0.6 is 0 Å². The van der Waals surface area contributed by atoms with Crippen LogP contribution in [0, 0.1) is 10.1 Å². The molecule has 130 valence electrons. The normalized spacial score (nSPS) is 12.3. The topological polar surface area (TPSA) is 114 Å². The molecule has 0 aliphatic heterocycles. The Morgan fingerprint density at radius 2 is 1.92 bits per heavy atom. The van der Waals surface area contributed by atoms with Crippen LogP contribution in [0.5, 0.6) is 0 Å². The Hall–Kier alpha value is -3.52. The Bertz CT molecular complexity index is 1090. The first-order valence-corrected chi connectivity index (χ1v) is 7.92. The Labute approximate surface area is 147 Å². The summed E-state index contributed by atoms with van der Waals surface area (Å²) in [5.41, 5.74) is 2.47. The standard InChI is InChI=1S/C18H14N4O4/c23-14(11-5-7-12(8-6-11)22(24)25)9-19-18-17-16(20-10-21-18)13-3-1-2-4-15(13)26-17/h1-8,10,14,23H,9H2,(H,19,20,21)/t14-/m0/s1. The van der Waals surface area contributed by atoms with Gasteiger partial charge in [0, 0.05) is 24.1 Å². The molecule has 0 saturated heterocycles. The third-order valence-electron chi connectivity index (χ3n) is 4.11. The fourth-order valence-corrected chi connectivity index (χ4v) is 2.78. The number of hydrogen-bond donors (Lipinski definition) is 2. The van der Waals surface area contributed by atoms with E-state index < -0.39 is 11.0 Å². The van der Waals surface area contributed by atoms with Gasteiger partial charge in [0.15, 0.2) is 11.4 Å². The highest BCUT2D eigenvalue weighted by Crippen LogP contribution is 2.30. The molecule has 4 aromatic rings. The summed E-state index contributed by atoms with van der Waals surface area (Å²) in [5, 5.41) is 25.0. The molecule has 2 aromatic heterocycles. The summed E-state index contributed by atoms with van der Waals surface area (Å²) in [5.74, 6) is 0.479. The van der Waals surface area contributed by atoms with Crippen molar-refractivity contribution in [2.75, 3.05) is 11.9 Å². The zero-order valence-electron chi connectivity index (χ0n) is 13.5. The number of aliphatic hydroxyl groups excluding tert-OH is 1. The monoisotopic (exact) mass is 350 g/mol. The van der Waals surface area contributed by atoms with Gasteiger partial charge in [-0.25, -0.2) is 9.97 Å². The Kier molecular flexibility index (Phi) is 3.94. The molecular formula is C18H14N4O4. The highest BCUT2D eigenvalue weighted by atomic mass is 16.6. The first kappa shape index (κ1) is 16.0. The molecule has 4 rings (SSSR count). The quantitative estimate of drug-likeness (QED) is 0.418. The van der Waals surface area contributed by atoms with Crippen molar-refractivity contribution in [2.24, 2.45) is 0 Å². The maximum absolute atomic E-state index is 10.7. The van der Waals surface area contributed by atoms with Crippen LogP contribution in [0.25, 0.3) is 22.1 Å². The molecule has 0 aliphatic carbocycles. The van der Waals surface area contributed by atoms with Gasteiger partial charge >= 0.3 is 0 Å². The van der Waals surface area contributed by atoms with Crippen molar-refractivity contribution in [3.8, 4) is 0 Å². The molecule has 0 saturated carbocycles. The van der Waals surface area contributed by atoms with E-state index in [1.165, 1.54) is 30.6 Å². The molecule has 0 unspecified atom stereocenters. The number of non-ortho nitro benzene ring substituents is 1. The number of rotatable bonds is 5. The van der Waals surface area contributed by atoms with E-state index in [0.717, 1.165) is 5.39 Å². The zero-order valence-corrected chi connectivity index (χ0v) is 13.5. The van der Waals surface area contributed by atoms with Gasteiger partial charge in [0.05, 0.1) is 11.0 Å². The van der Waals surface area contributed by atoms with E-state index in [4.69, 9.17) is 4.42 Å². The second kappa shape index (κ2) is 6.41. The van der Waals surface area contributed by atoms with Gasteiger partial charge in [0.1, 0.15) is 17.4 Å². The number of anilines is 1. The molecule has 1 atom stereocenters. The molecule has 0 fully saturated rings. The van der Waals surface area contributed by atoms with Gasteiger partial charge < -0.3 is 14.8 Å². The number of furan rings is 1. The average Bonchev–Trinajstić information content (AvgIpc) is 3.05. The fourth-order valence-electron chi connectivity index (χ4n) is 2.78. The predicted octanol–water partition coefficient (Wildman–Crippen LogP) is 3.43. The Morgan fingerprint density at radius 3 is 2.69 bits per heavy atom. The molecule has 8 heteroatoms. The lowest BCUT2D eigenvalue weighted by Gasteiger charge is -2.12. The molecule has 0 bridgehead atoms. The van der Waals surface area contributed by atoms with Gasteiger partial charge in [-0.2, -0.15) is 0 Å². The highest BCUT2D eigenvalue weighted by molar-refractivity contribution is 6.05. The first-order chi connectivity index (χ1) is 12.6.